The molecule has 0 atom stereocenters. The van der Waals surface area contributed by atoms with Gasteiger partial charge in [-0.3, -0.25) is 14.7 Å². The number of sulfonamides is 1. The van der Waals surface area contributed by atoms with Gasteiger partial charge in [-0.25, -0.2) is 17.8 Å². The molecular formula is C20H15F4N5O2S2. The average Bonchev–Trinajstić information content (AvgIpc) is 3.41. The van der Waals surface area contributed by atoms with E-state index < -0.39 is 32.5 Å². The molecule has 172 valence electrons. The van der Waals surface area contributed by atoms with Crippen LogP contribution in [-0.2, 0) is 16.2 Å². The van der Waals surface area contributed by atoms with E-state index in [0.717, 1.165) is 28.4 Å². The summed E-state index contributed by atoms with van der Waals surface area (Å²) in [5, 5.41) is 7.94. The molecule has 0 unspecified atom stereocenters. The van der Waals surface area contributed by atoms with Crippen molar-refractivity contribution in [3.63, 3.8) is 0 Å². The van der Waals surface area contributed by atoms with Crippen molar-refractivity contribution in [2.24, 2.45) is 0 Å². The average molecular weight is 497 g/mol. The van der Waals surface area contributed by atoms with Gasteiger partial charge in [0.1, 0.15) is 16.5 Å². The Morgan fingerprint density at radius 3 is 2.52 bits per heavy atom. The number of H-pyrrole nitrogens is 1. The number of thiazole rings is 1. The molecule has 0 aliphatic carbocycles. The fourth-order valence-electron chi connectivity index (χ4n) is 3.28. The van der Waals surface area contributed by atoms with E-state index in [1.807, 2.05) is 0 Å². The zero-order valence-corrected chi connectivity index (χ0v) is 18.4. The predicted octanol–water partition coefficient (Wildman–Crippen LogP) is 5.60. The number of nitrogens with one attached hydrogen (secondary N) is 2. The number of alkyl halides is 3. The minimum Gasteiger partial charge on any atom is -0.295 e. The number of aromatic amines is 1. The number of aryl methyl sites for hydroxylation is 1. The first kappa shape index (κ1) is 22.7. The summed E-state index contributed by atoms with van der Waals surface area (Å²) in [6, 6.07) is 8.45. The maximum absolute atomic E-state index is 15.0. The molecule has 0 aliphatic heterocycles. The van der Waals surface area contributed by atoms with Gasteiger partial charge in [0.25, 0.3) is 10.0 Å². The largest absolute Gasteiger partial charge is 0.418 e. The van der Waals surface area contributed by atoms with Gasteiger partial charge < -0.3 is 0 Å². The monoisotopic (exact) mass is 497 g/mol. The minimum absolute atomic E-state index is 0.0307. The van der Waals surface area contributed by atoms with Crippen molar-refractivity contribution >= 4 is 43.7 Å². The van der Waals surface area contributed by atoms with Crippen molar-refractivity contribution in [3.05, 3.63) is 77.2 Å². The summed E-state index contributed by atoms with van der Waals surface area (Å²) in [5.74, 6) is -1.02. The van der Waals surface area contributed by atoms with Crippen LogP contribution in [0.4, 0.5) is 39.9 Å². The second kappa shape index (κ2) is 8.48. The van der Waals surface area contributed by atoms with Crippen molar-refractivity contribution in [2.75, 3.05) is 9.62 Å². The van der Waals surface area contributed by atoms with Crippen molar-refractivity contribution in [3.8, 4) is 0 Å². The van der Waals surface area contributed by atoms with Crippen LogP contribution in [0.1, 0.15) is 11.1 Å². The van der Waals surface area contributed by atoms with Gasteiger partial charge in [-0.2, -0.15) is 18.3 Å². The number of halogens is 4. The topological polar surface area (TPSA) is 91.0 Å². The lowest BCUT2D eigenvalue weighted by molar-refractivity contribution is -0.137. The van der Waals surface area contributed by atoms with Crippen molar-refractivity contribution in [1.82, 2.24) is 15.2 Å². The molecule has 2 aromatic heterocycles. The van der Waals surface area contributed by atoms with E-state index >= 15 is 0 Å². The molecule has 0 bridgehead atoms. The van der Waals surface area contributed by atoms with Crippen LogP contribution < -0.4 is 9.62 Å². The highest BCUT2D eigenvalue weighted by molar-refractivity contribution is 7.93. The minimum atomic E-state index is -4.70. The Balaban J connectivity index is 1.83. The second-order valence-electron chi connectivity index (χ2n) is 6.80. The van der Waals surface area contributed by atoms with Gasteiger partial charge in [0.05, 0.1) is 23.1 Å². The molecule has 0 radical (unpaired) electrons. The van der Waals surface area contributed by atoms with Crippen molar-refractivity contribution in [2.45, 2.75) is 18.0 Å². The zero-order valence-electron chi connectivity index (χ0n) is 16.8. The summed E-state index contributed by atoms with van der Waals surface area (Å²) >= 11 is 1.01. The quantitative estimate of drug-likeness (QED) is 0.338. The molecule has 4 aromatic rings. The van der Waals surface area contributed by atoms with Gasteiger partial charge in [-0.1, -0.05) is 12.1 Å². The molecule has 0 aliphatic rings. The van der Waals surface area contributed by atoms with Crippen LogP contribution in [0.2, 0.25) is 0 Å². The molecular weight excluding hydrogens is 482 g/mol. The van der Waals surface area contributed by atoms with Crippen LogP contribution in [0.25, 0.3) is 0 Å². The summed E-state index contributed by atoms with van der Waals surface area (Å²) in [7, 11) is -4.31. The van der Waals surface area contributed by atoms with Crippen LogP contribution in [0, 0.1) is 12.7 Å². The number of hydrogen-bond donors (Lipinski definition) is 2. The summed E-state index contributed by atoms with van der Waals surface area (Å²) < 4.78 is 84.0. The van der Waals surface area contributed by atoms with E-state index in [0.29, 0.717) is 0 Å². The molecule has 2 aromatic carbocycles. The van der Waals surface area contributed by atoms with Gasteiger partial charge in [-0.15, -0.1) is 11.3 Å². The molecule has 33 heavy (non-hydrogen) atoms. The third-order valence-corrected chi connectivity index (χ3v) is 6.81. The lowest BCUT2D eigenvalue weighted by Gasteiger charge is -2.27. The zero-order chi connectivity index (χ0) is 23.8. The van der Waals surface area contributed by atoms with Gasteiger partial charge in [0, 0.05) is 17.6 Å². The Bertz CT molecular complexity index is 1370. The predicted molar refractivity (Wildman–Crippen MR) is 116 cm³/mol. The normalized spacial score (nSPS) is 12.0. The fourth-order valence-corrected chi connectivity index (χ4v) is 5.13. The van der Waals surface area contributed by atoms with E-state index in [1.165, 1.54) is 49.6 Å². The Kier molecular flexibility index (Phi) is 5.84. The first-order chi connectivity index (χ1) is 15.6. The molecule has 2 N–H and O–H groups in total. The lowest BCUT2D eigenvalue weighted by atomic mass is 10.0. The van der Waals surface area contributed by atoms with Gasteiger partial charge in [-0.05, 0) is 36.8 Å². The number of nitrogens with zero attached hydrogens (tertiary/aromatic N) is 3. The van der Waals surface area contributed by atoms with Crippen LogP contribution in [0.3, 0.4) is 0 Å². The number of rotatable bonds is 6. The second-order valence-corrected chi connectivity index (χ2v) is 9.35. The van der Waals surface area contributed by atoms with E-state index in [9.17, 15) is 26.0 Å². The van der Waals surface area contributed by atoms with Crippen LogP contribution >= 0.6 is 11.3 Å². The van der Waals surface area contributed by atoms with Crippen molar-refractivity contribution < 1.29 is 26.0 Å². The molecule has 2 heterocycles. The SMILES string of the molecule is Cc1cccc(N(c2ccc(S(=O)(=O)Nc3nccs3)c(F)c2)c2ccn[nH]2)c1C(F)(F)F. The van der Waals surface area contributed by atoms with Crippen LogP contribution in [0.15, 0.2) is 65.1 Å². The number of aromatic nitrogens is 3. The molecule has 0 saturated carbocycles. The summed E-state index contributed by atoms with van der Waals surface area (Å²) in [4.78, 5) is 4.24. The molecule has 13 heteroatoms. The Hall–Kier alpha value is -3.45. The number of anilines is 4. The maximum atomic E-state index is 15.0. The standard InChI is InChI=1S/C20H15F4N5O2S2/c1-12-3-2-4-15(18(12)20(22,23)24)29(17-7-8-26-27-17)13-5-6-16(14(21)11-13)33(30,31)28-19-25-9-10-32-19/h2-11H,1H3,(H,25,28)(H,26,27). The maximum Gasteiger partial charge on any atom is 0.418 e. The Labute approximate surface area is 189 Å². The van der Waals surface area contributed by atoms with Gasteiger partial charge >= 0.3 is 6.18 Å². The van der Waals surface area contributed by atoms with Gasteiger partial charge in [0.15, 0.2) is 5.13 Å². The highest BCUT2D eigenvalue weighted by Gasteiger charge is 2.37. The fraction of sp³-hybridized carbons (Fsp3) is 0.100. The molecule has 0 spiro atoms. The first-order valence-corrected chi connectivity index (χ1v) is 11.6. The van der Waals surface area contributed by atoms with Crippen LogP contribution in [0.5, 0.6) is 0 Å². The van der Waals surface area contributed by atoms with Crippen LogP contribution in [-0.4, -0.2) is 23.6 Å². The Morgan fingerprint density at radius 2 is 1.91 bits per heavy atom. The third kappa shape index (κ3) is 4.54. The number of benzene rings is 2. The van der Waals surface area contributed by atoms with E-state index in [4.69, 9.17) is 0 Å². The first-order valence-electron chi connectivity index (χ1n) is 9.26. The van der Waals surface area contributed by atoms with Gasteiger partial charge in [0.2, 0.25) is 0 Å². The molecule has 4 rings (SSSR count). The third-order valence-electron chi connectivity index (χ3n) is 4.62. The molecule has 7 nitrogen and oxygen atoms in total. The molecule has 0 fully saturated rings. The highest BCUT2D eigenvalue weighted by Crippen LogP contribution is 2.44. The molecule has 0 saturated heterocycles. The van der Waals surface area contributed by atoms with E-state index in [-0.39, 0.29) is 27.9 Å². The summed E-state index contributed by atoms with van der Waals surface area (Å²) in [6.07, 6.45) is -1.98. The summed E-state index contributed by atoms with van der Waals surface area (Å²) in [5.41, 5.74) is -1.26. The highest BCUT2D eigenvalue weighted by atomic mass is 32.2. The van der Waals surface area contributed by atoms with Crippen molar-refractivity contribution in [1.29, 1.82) is 0 Å². The smallest absolute Gasteiger partial charge is 0.295 e. The number of hydrogen-bond acceptors (Lipinski definition) is 6. The Morgan fingerprint density at radius 1 is 1.12 bits per heavy atom. The summed E-state index contributed by atoms with van der Waals surface area (Å²) in [6.45, 7) is 1.32. The lowest BCUT2D eigenvalue weighted by Crippen LogP contribution is -2.19. The van der Waals surface area contributed by atoms with E-state index in [1.54, 1.807) is 5.38 Å². The molecule has 0 amide bonds. The van der Waals surface area contributed by atoms with E-state index in [2.05, 4.69) is 19.9 Å².